The van der Waals surface area contributed by atoms with Crippen LogP contribution in [0.5, 0.6) is 0 Å². The van der Waals surface area contributed by atoms with E-state index < -0.39 is 5.97 Å². The van der Waals surface area contributed by atoms with Gasteiger partial charge in [-0.1, -0.05) is 12.1 Å². The summed E-state index contributed by atoms with van der Waals surface area (Å²) in [7, 11) is 1.86. The number of aromatic carboxylic acids is 1. The van der Waals surface area contributed by atoms with Gasteiger partial charge in [-0.25, -0.2) is 4.79 Å². The highest BCUT2D eigenvalue weighted by Crippen LogP contribution is 2.13. The zero-order chi connectivity index (χ0) is 13.1. The maximum atomic E-state index is 10.9. The first kappa shape index (κ1) is 12.2. The molecule has 0 bridgehead atoms. The van der Waals surface area contributed by atoms with E-state index in [-0.39, 0.29) is 0 Å². The molecule has 0 aliphatic heterocycles. The minimum absolute atomic E-state index is 0.303. The molecule has 2 aromatic rings. The zero-order valence-corrected chi connectivity index (χ0v) is 10.3. The van der Waals surface area contributed by atoms with Crippen molar-refractivity contribution < 1.29 is 9.90 Å². The number of hydrogen-bond donors (Lipinski definition) is 2. The fourth-order valence-corrected chi connectivity index (χ4v) is 1.78. The summed E-state index contributed by atoms with van der Waals surface area (Å²) in [4.78, 5) is 10.9. The first-order valence-corrected chi connectivity index (χ1v) is 5.62. The Balaban J connectivity index is 2.08. The van der Waals surface area contributed by atoms with Crippen molar-refractivity contribution in [3.63, 3.8) is 0 Å². The number of nitrogens with zero attached hydrogens (tertiary/aromatic N) is 2. The summed E-state index contributed by atoms with van der Waals surface area (Å²) in [5.41, 5.74) is 3.11. The number of rotatable bonds is 4. The molecular weight excluding hydrogens is 230 g/mol. The van der Waals surface area contributed by atoms with E-state index in [2.05, 4.69) is 10.4 Å². The van der Waals surface area contributed by atoms with E-state index in [0.29, 0.717) is 12.1 Å². The molecule has 0 spiro atoms. The summed E-state index contributed by atoms with van der Waals surface area (Å²) in [5.74, 6) is -0.908. The third kappa shape index (κ3) is 2.68. The van der Waals surface area contributed by atoms with Crippen molar-refractivity contribution in [2.45, 2.75) is 13.5 Å². The Morgan fingerprint density at radius 3 is 2.89 bits per heavy atom. The molecule has 2 rings (SSSR count). The first-order chi connectivity index (χ1) is 8.56. The summed E-state index contributed by atoms with van der Waals surface area (Å²) in [6, 6.07) is 6.89. The van der Waals surface area contributed by atoms with E-state index in [1.54, 1.807) is 22.9 Å². The maximum Gasteiger partial charge on any atom is 0.335 e. The van der Waals surface area contributed by atoms with Crippen molar-refractivity contribution in [1.29, 1.82) is 0 Å². The Hall–Kier alpha value is -2.30. The predicted molar refractivity (Wildman–Crippen MR) is 68.7 cm³/mol. The second-order valence-corrected chi connectivity index (χ2v) is 4.16. The minimum atomic E-state index is -0.908. The summed E-state index contributed by atoms with van der Waals surface area (Å²) < 4.78 is 1.74. The van der Waals surface area contributed by atoms with Crippen molar-refractivity contribution in [3.05, 3.63) is 47.3 Å². The van der Waals surface area contributed by atoms with Gasteiger partial charge in [0, 0.05) is 19.8 Å². The van der Waals surface area contributed by atoms with Gasteiger partial charge in [0.1, 0.15) is 0 Å². The molecule has 0 saturated carbocycles. The summed E-state index contributed by atoms with van der Waals surface area (Å²) in [6.45, 7) is 2.50. The average molecular weight is 245 g/mol. The van der Waals surface area contributed by atoms with Gasteiger partial charge in [-0.3, -0.25) is 4.68 Å². The minimum Gasteiger partial charge on any atom is -0.478 e. The van der Waals surface area contributed by atoms with Crippen LogP contribution in [0.15, 0.2) is 30.5 Å². The van der Waals surface area contributed by atoms with Crippen LogP contribution in [0.4, 0.5) is 5.69 Å². The van der Waals surface area contributed by atoms with Crippen LogP contribution in [0.25, 0.3) is 0 Å². The molecule has 1 aromatic heterocycles. The number of carboxylic acid groups (broad SMARTS) is 1. The monoisotopic (exact) mass is 245 g/mol. The number of anilines is 1. The normalized spacial score (nSPS) is 10.3. The highest BCUT2D eigenvalue weighted by Gasteiger charge is 2.05. The van der Waals surface area contributed by atoms with Crippen LogP contribution in [-0.4, -0.2) is 20.9 Å². The molecule has 0 radical (unpaired) electrons. The highest BCUT2D eigenvalue weighted by atomic mass is 16.4. The molecule has 5 heteroatoms. The second kappa shape index (κ2) is 4.91. The van der Waals surface area contributed by atoms with E-state index in [9.17, 15) is 4.79 Å². The third-order valence-corrected chi connectivity index (χ3v) is 2.67. The predicted octanol–water partition coefficient (Wildman–Crippen LogP) is 2.04. The van der Waals surface area contributed by atoms with E-state index >= 15 is 0 Å². The molecule has 0 aliphatic carbocycles. The Morgan fingerprint density at radius 2 is 2.28 bits per heavy atom. The van der Waals surface area contributed by atoms with Gasteiger partial charge in [0.25, 0.3) is 0 Å². The lowest BCUT2D eigenvalue weighted by Crippen LogP contribution is -2.02. The topological polar surface area (TPSA) is 67.2 Å². The third-order valence-electron chi connectivity index (χ3n) is 2.67. The zero-order valence-electron chi connectivity index (χ0n) is 10.3. The maximum absolute atomic E-state index is 10.9. The number of aryl methyl sites for hydroxylation is 2. The number of benzene rings is 1. The van der Waals surface area contributed by atoms with Crippen molar-refractivity contribution in [1.82, 2.24) is 9.78 Å². The Bertz CT molecular complexity index is 575. The fourth-order valence-electron chi connectivity index (χ4n) is 1.78. The van der Waals surface area contributed by atoms with Crippen molar-refractivity contribution in [2.24, 2.45) is 7.05 Å². The van der Waals surface area contributed by atoms with E-state index in [4.69, 9.17) is 5.11 Å². The largest absolute Gasteiger partial charge is 0.478 e. The Morgan fingerprint density at radius 1 is 1.50 bits per heavy atom. The van der Waals surface area contributed by atoms with E-state index in [0.717, 1.165) is 16.9 Å². The highest BCUT2D eigenvalue weighted by molar-refractivity contribution is 5.87. The lowest BCUT2D eigenvalue weighted by molar-refractivity contribution is 0.0697. The van der Waals surface area contributed by atoms with Gasteiger partial charge < -0.3 is 10.4 Å². The lowest BCUT2D eigenvalue weighted by atomic mass is 10.1. The Labute approximate surface area is 105 Å². The molecule has 0 unspecified atom stereocenters. The molecule has 18 heavy (non-hydrogen) atoms. The van der Waals surface area contributed by atoms with Gasteiger partial charge in [0.15, 0.2) is 0 Å². The molecule has 0 aliphatic rings. The van der Waals surface area contributed by atoms with Crippen LogP contribution in [0.2, 0.25) is 0 Å². The number of hydrogen-bond acceptors (Lipinski definition) is 3. The van der Waals surface area contributed by atoms with Crippen molar-refractivity contribution in [2.75, 3.05) is 5.32 Å². The molecule has 0 atom stereocenters. The van der Waals surface area contributed by atoms with Crippen molar-refractivity contribution >= 4 is 11.7 Å². The van der Waals surface area contributed by atoms with Gasteiger partial charge in [0.2, 0.25) is 0 Å². The second-order valence-electron chi connectivity index (χ2n) is 4.16. The van der Waals surface area contributed by atoms with Crippen LogP contribution >= 0.6 is 0 Å². The number of carboxylic acids is 1. The summed E-state index contributed by atoms with van der Waals surface area (Å²) >= 11 is 0. The van der Waals surface area contributed by atoms with Crippen LogP contribution in [-0.2, 0) is 13.6 Å². The SMILES string of the molecule is Cc1nn(C)cc1NCc1cccc(C(=O)O)c1. The number of nitrogens with one attached hydrogen (secondary N) is 1. The van der Waals surface area contributed by atoms with Crippen LogP contribution in [0, 0.1) is 6.92 Å². The lowest BCUT2D eigenvalue weighted by Gasteiger charge is -2.05. The summed E-state index contributed by atoms with van der Waals surface area (Å²) in [5, 5.41) is 16.4. The molecular formula is C13H15N3O2. The van der Waals surface area contributed by atoms with Crippen LogP contribution in [0.3, 0.4) is 0 Å². The van der Waals surface area contributed by atoms with Crippen LogP contribution in [0.1, 0.15) is 21.6 Å². The molecule has 0 fully saturated rings. The van der Waals surface area contributed by atoms with Gasteiger partial charge in [-0.15, -0.1) is 0 Å². The molecule has 1 aromatic carbocycles. The summed E-state index contributed by atoms with van der Waals surface area (Å²) in [6.07, 6.45) is 1.90. The van der Waals surface area contributed by atoms with Crippen molar-refractivity contribution in [3.8, 4) is 0 Å². The van der Waals surface area contributed by atoms with E-state index in [1.807, 2.05) is 26.2 Å². The smallest absolute Gasteiger partial charge is 0.335 e. The van der Waals surface area contributed by atoms with Gasteiger partial charge in [0.05, 0.1) is 16.9 Å². The van der Waals surface area contributed by atoms with Gasteiger partial charge in [-0.05, 0) is 24.6 Å². The quantitative estimate of drug-likeness (QED) is 0.865. The Kier molecular flexibility index (Phi) is 3.32. The van der Waals surface area contributed by atoms with Crippen LogP contribution < -0.4 is 5.32 Å². The average Bonchev–Trinajstić information content (AvgIpc) is 2.65. The first-order valence-electron chi connectivity index (χ1n) is 5.62. The molecule has 0 amide bonds. The molecule has 5 nitrogen and oxygen atoms in total. The van der Waals surface area contributed by atoms with Gasteiger partial charge in [-0.2, -0.15) is 5.10 Å². The number of aromatic nitrogens is 2. The molecule has 94 valence electrons. The number of carbonyl (C=O) groups is 1. The molecule has 0 saturated heterocycles. The standard InChI is InChI=1S/C13H15N3O2/c1-9-12(8-16(2)15-9)14-7-10-4-3-5-11(6-10)13(17)18/h3-6,8,14H,7H2,1-2H3,(H,17,18). The van der Waals surface area contributed by atoms with Gasteiger partial charge >= 0.3 is 5.97 Å². The molecule has 2 N–H and O–H groups in total. The van der Waals surface area contributed by atoms with E-state index in [1.165, 1.54) is 0 Å². The fraction of sp³-hybridized carbons (Fsp3) is 0.231. The molecule has 1 heterocycles.